The van der Waals surface area contributed by atoms with Gasteiger partial charge < -0.3 is 15.4 Å². The Balaban J connectivity index is 0.00000180. The summed E-state index contributed by atoms with van der Waals surface area (Å²) >= 11 is 3.40. The number of carbonyl (C=O) groups is 1. The molecule has 4 nitrogen and oxygen atoms in total. The number of halogens is 2. The number of nitrogens with one attached hydrogen (secondary N) is 2. The molecule has 1 aromatic carbocycles. The molecule has 1 fully saturated rings. The Morgan fingerprint density at radius 2 is 2.37 bits per heavy atom. The van der Waals surface area contributed by atoms with Crippen molar-refractivity contribution in [3.8, 4) is 5.75 Å². The van der Waals surface area contributed by atoms with Gasteiger partial charge in [-0.2, -0.15) is 0 Å². The van der Waals surface area contributed by atoms with Gasteiger partial charge in [-0.3, -0.25) is 4.79 Å². The van der Waals surface area contributed by atoms with Crippen molar-refractivity contribution < 1.29 is 9.53 Å². The lowest BCUT2D eigenvalue weighted by atomic mass is 10.1. The van der Waals surface area contributed by atoms with Gasteiger partial charge in [-0.25, -0.2) is 0 Å². The minimum absolute atomic E-state index is 0. The molecule has 1 saturated heterocycles. The number of amides is 1. The average molecular weight is 350 g/mol. The van der Waals surface area contributed by atoms with Gasteiger partial charge in [-0.1, -0.05) is 15.9 Å². The molecule has 1 heterocycles. The van der Waals surface area contributed by atoms with Crippen LogP contribution in [0, 0.1) is 5.92 Å². The van der Waals surface area contributed by atoms with Crippen molar-refractivity contribution in [3.63, 3.8) is 0 Å². The second-order valence-electron chi connectivity index (χ2n) is 4.25. The summed E-state index contributed by atoms with van der Waals surface area (Å²) in [6.45, 7) is 4.17. The Kier molecular flexibility index (Phi) is 6.62. The van der Waals surface area contributed by atoms with E-state index in [1.165, 1.54) is 0 Å². The van der Waals surface area contributed by atoms with Gasteiger partial charge in [0.1, 0.15) is 5.75 Å². The first-order valence-corrected chi connectivity index (χ1v) is 6.94. The summed E-state index contributed by atoms with van der Waals surface area (Å²) in [5, 5.41) is 6.13. The summed E-state index contributed by atoms with van der Waals surface area (Å²) in [4.78, 5) is 12.0. The molecule has 1 aromatic rings. The fourth-order valence-corrected chi connectivity index (χ4v) is 2.33. The van der Waals surface area contributed by atoms with Crippen LogP contribution in [0.1, 0.15) is 13.3 Å². The monoisotopic (exact) mass is 348 g/mol. The fraction of sp³-hybridized carbons (Fsp3) is 0.462. The van der Waals surface area contributed by atoms with Crippen LogP contribution in [0.3, 0.4) is 0 Å². The van der Waals surface area contributed by atoms with Crippen molar-refractivity contribution in [3.05, 3.63) is 22.7 Å². The summed E-state index contributed by atoms with van der Waals surface area (Å²) in [6, 6.07) is 5.62. The maximum Gasteiger partial charge on any atom is 0.228 e. The zero-order valence-electron chi connectivity index (χ0n) is 10.7. The first-order valence-electron chi connectivity index (χ1n) is 6.14. The number of hydrogen-bond acceptors (Lipinski definition) is 3. The molecule has 0 aliphatic carbocycles. The number of carbonyl (C=O) groups excluding carboxylic acids is 1. The molecule has 0 bridgehead atoms. The number of ether oxygens (including phenoxy) is 1. The molecule has 2 N–H and O–H groups in total. The van der Waals surface area contributed by atoms with Crippen molar-refractivity contribution in [2.75, 3.05) is 25.0 Å². The standard InChI is InChI=1S/C13H17BrN2O2.ClH/c1-2-18-12-7-10(14)3-4-11(12)16-13(17)9-5-6-15-8-9;/h3-4,7,9,15H,2,5-6,8H2,1H3,(H,16,17);1H. The van der Waals surface area contributed by atoms with E-state index in [4.69, 9.17) is 4.74 Å². The maximum absolute atomic E-state index is 12.0. The van der Waals surface area contributed by atoms with Crippen LogP contribution in [-0.4, -0.2) is 25.6 Å². The van der Waals surface area contributed by atoms with Gasteiger partial charge >= 0.3 is 0 Å². The molecule has 1 aliphatic heterocycles. The van der Waals surface area contributed by atoms with E-state index in [1.54, 1.807) is 0 Å². The van der Waals surface area contributed by atoms with Gasteiger partial charge in [-0.05, 0) is 38.1 Å². The normalized spacial score (nSPS) is 17.7. The Morgan fingerprint density at radius 3 is 3.00 bits per heavy atom. The van der Waals surface area contributed by atoms with E-state index in [0.717, 1.165) is 29.7 Å². The third-order valence-corrected chi connectivity index (χ3v) is 3.43. The molecular formula is C13H18BrClN2O2. The zero-order chi connectivity index (χ0) is 13.0. The van der Waals surface area contributed by atoms with Crippen molar-refractivity contribution >= 4 is 39.9 Å². The number of rotatable bonds is 4. The molecule has 1 aliphatic rings. The highest BCUT2D eigenvalue weighted by Crippen LogP contribution is 2.29. The average Bonchev–Trinajstić information content (AvgIpc) is 2.86. The molecular weight excluding hydrogens is 332 g/mol. The minimum Gasteiger partial charge on any atom is -0.492 e. The highest BCUT2D eigenvalue weighted by atomic mass is 79.9. The fourth-order valence-electron chi connectivity index (χ4n) is 1.99. The van der Waals surface area contributed by atoms with Crippen molar-refractivity contribution in [1.82, 2.24) is 5.32 Å². The van der Waals surface area contributed by atoms with E-state index in [-0.39, 0.29) is 24.2 Å². The number of benzene rings is 1. The molecule has 1 atom stereocenters. The smallest absolute Gasteiger partial charge is 0.228 e. The van der Waals surface area contributed by atoms with Crippen molar-refractivity contribution in [2.45, 2.75) is 13.3 Å². The second kappa shape index (κ2) is 7.72. The molecule has 1 unspecified atom stereocenters. The Bertz CT molecular complexity index is 437. The molecule has 0 spiro atoms. The highest BCUT2D eigenvalue weighted by molar-refractivity contribution is 9.10. The van der Waals surface area contributed by atoms with Crippen LogP contribution in [0.5, 0.6) is 5.75 Å². The summed E-state index contributed by atoms with van der Waals surface area (Å²) in [7, 11) is 0. The van der Waals surface area contributed by atoms with Gasteiger partial charge in [0.05, 0.1) is 18.2 Å². The molecule has 6 heteroatoms. The van der Waals surface area contributed by atoms with Crippen LogP contribution in [0.4, 0.5) is 5.69 Å². The van der Waals surface area contributed by atoms with E-state index < -0.39 is 0 Å². The highest BCUT2D eigenvalue weighted by Gasteiger charge is 2.23. The first kappa shape index (κ1) is 16.3. The van der Waals surface area contributed by atoms with E-state index in [0.29, 0.717) is 12.4 Å². The van der Waals surface area contributed by atoms with E-state index in [2.05, 4.69) is 26.6 Å². The van der Waals surface area contributed by atoms with E-state index in [9.17, 15) is 4.79 Å². The zero-order valence-corrected chi connectivity index (χ0v) is 13.1. The summed E-state index contributed by atoms with van der Waals surface area (Å²) in [5.74, 6) is 0.817. The van der Waals surface area contributed by atoms with Gasteiger partial charge in [-0.15, -0.1) is 12.4 Å². The van der Waals surface area contributed by atoms with Crippen LogP contribution in [-0.2, 0) is 4.79 Å². The van der Waals surface area contributed by atoms with Crippen LogP contribution < -0.4 is 15.4 Å². The third kappa shape index (κ3) is 4.37. The molecule has 19 heavy (non-hydrogen) atoms. The van der Waals surface area contributed by atoms with Gasteiger partial charge in [0.2, 0.25) is 5.91 Å². The third-order valence-electron chi connectivity index (χ3n) is 2.93. The predicted molar refractivity (Wildman–Crippen MR) is 82.2 cm³/mol. The van der Waals surface area contributed by atoms with Crippen LogP contribution in [0.25, 0.3) is 0 Å². The number of anilines is 1. The minimum atomic E-state index is 0. The molecule has 0 radical (unpaired) electrons. The summed E-state index contributed by atoms with van der Waals surface area (Å²) in [6.07, 6.45) is 0.895. The lowest BCUT2D eigenvalue weighted by Gasteiger charge is -2.14. The van der Waals surface area contributed by atoms with Gasteiger partial charge in [0.25, 0.3) is 0 Å². The predicted octanol–water partition coefficient (Wildman–Crippen LogP) is 2.82. The Morgan fingerprint density at radius 1 is 1.58 bits per heavy atom. The molecule has 1 amide bonds. The Labute approximate surface area is 127 Å². The van der Waals surface area contributed by atoms with E-state index in [1.807, 2.05) is 25.1 Å². The van der Waals surface area contributed by atoms with Crippen LogP contribution in [0.15, 0.2) is 22.7 Å². The maximum atomic E-state index is 12.0. The van der Waals surface area contributed by atoms with Gasteiger partial charge in [0, 0.05) is 11.0 Å². The van der Waals surface area contributed by atoms with Crippen molar-refractivity contribution in [2.24, 2.45) is 5.92 Å². The lowest BCUT2D eigenvalue weighted by molar-refractivity contribution is -0.119. The summed E-state index contributed by atoms with van der Waals surface area (Å²) < 4.78 is 6.46. The lowest BCUT2D eigenvalue weighted by Crippen LogP contribution is -2.24. The van der Waals surface area contributed by atoms with Crippen LogP contribution in [0.2, 0.25) is 0 Å². The topological polar surface area (TPSA) is 50.4 Å². The SMILES string of the molecule is CCOc1cc(Br)ccc1NC(=O)C1CCNC1.Cl. The van der Waals surface area contributed by atoms with Gasteiger partial charge in [0.15, 0.2) is 0 Å². The first-order chi connectivity index (χ1) is 8.70. The van der Waals surface area contributed by atoms with Crippen LogP contribution >= 0.6 is 28.3 Å². The summed E-state index contributed by atoms with van der Waals surface area (Å²) in [5.41, 5.74) is 0.733. The van der Waals surface area contributed by atoms with Crippen molar-refractivity contribution in [1.29, 1.82) is 0 Å². The molecule has 0 saturated carbocycles. The number of hydrogen-bond donors (Lipinski definition) is 2. The Hall–Kier alpha value is -0.780. The molecule has 2 rings (SSSR count). The quantitative estimate of drug-likeness (QED) is 0.879. The largest absolute Gasteiger partial charge is 0.492 e. The molecule has 0 aromatic heterocycles. The second-order valence-corrected chi connectivity index (χ2v) is 5.17. The van der Waals surface area contributed by atoms with E-state index >= 15 is 0 Å². The molecule has 106 valence electrons.